The molecular formula is C15H23N3O3S. The summed E-state index contributed by atoms with van der Waals surface area (Å²) >= 11 is 0. The molecule has 1 fully saturated rings. The second-order valence-corrected chi connectivity index (χ2v) is 7.49. The highest BCUT2D eigenvalue weighted by atomic mass is 32.2. The lowest BCUT2D eigenvalue weighted by Crippen LogP contribution is -2.46. The molecule has 22 heavy (non-hydrogen) atoms. The number of amides is 1. The smallest absolute Gasteiger partial charge is 0.252 e. The second-order valence-electron chi connectivity index (χ2n) is 5.25. The average molecular weight is 325 g/mol. The quantitative estimate of drug-likeness (QED) is 0.776. The third kappa shape index (κ3) is 4.28. The molecule has 6 nitrogen and oxygen atoms in total. The normalized spacial score (nSPS) is 16.4. The van der Waals surface area contributed by atoms with E-state index in [1.165, 1.54) is 6.07 Å². The average Bonchev–Trinajstić information content (AvgIpc) is 2.55. The van der Waals surface area contributed by atoms with Gasteiger partial charge in [0.15, 0.2) is 9.84 Å². The second kappa shape index (κ2) is 7.71. The molecule has 0 radical (unpaired) electrons. The zero-order valence-corrected chi connectivity index (χ0v) is 13.7. The molecule has 122 valence electrons. The van der Waals surface area contributed by atoms with E-state index in [0.717, 1.165) is 32.7 Å². The molecule has 7 heteroatoms. The molecule has 2 rings (SSSR count). The van der Waals surface area contributed by atoms with Crippen LogP contribution < -0.4 is 10.6 Å². The number of nitrogens with zero attached hydrogens (tertiary/aromatic N) is 1. The Morgan fingerprint density at radius 2 is 1.95 bits per heavy atom. The van der Waals surface area contributed by atoms with Crippen molar-refractivity contribution in [3.05, 3.63) is 29.8 Å². The highest BCUT2D eigenvalue weighted by Gasteiger charge is 2.20. The first kappa shape index (κ1) is 16.9. The Kier molecular flexibility index (Phi) is 5.93. The molecule has 1 aliphatic heterocycles. The predicted molar refractivity (Wildman–Crippen MR) is 85.8 cm³/mol. The van der Waals surface area contributed by atoms with E-state index in [1.807, 2.05) is 0 Å². The summed E-state index contributed by atoms with van der Waals surface area (Å²) in [5.41, 5.74) is 0.227. The lowest BCUT2D eigenvalue weighted by atomic mass is 10.2. The highest BCUT2D eigenvalue weighted by Crippen LogP contribution is 2.16. The maximum Gasteiger partial charge on any atom is 0.252 e. The zero-order valence-electron chi connectivity index (χ0n) is 12.8. The Bertz CT molecular complexity index is 610. The van der Waals surface area contributed by atoms with Crippen LogP contribution in [0.3, 0.4) is 0 Å². The van der Waals surface area contributed by atoms with Crippen LogP contribution in [0.5, 0.6) is 0 Å². The molecule has 1 heterocycles. The summed E-state index contributed by atoms with van der Waals surface area (Å²) in [7, 11) is -3.40. The first-order valence-corrected chi connectivity index (χ1v) is 9.23. The van der Waals surface area contributed by atoms with Crippen molar-refractivity contribution in [1.82, 2.24) is 15.5 Å². The minimum absolute atomic E-state index is 0.0158. The Labute approximate surface area is 131 Å². The fourth-order valence-electron chi connectivity index (χ4n) is 2.44. The fourth-order valence-corrected chi connectivity index (χ4v) is 3.53. The van der Waals surface area contributed by atoms with E-state index >= 15 is 0 Å². The summed E-state index contributed by atoms with van der Waals surface area (Å²) in [6.45, 7) is 6.73. The minimum Gasteiger partial charge on any atom is -0.351 e. The van der Waals surface area contributed by atoms with E-state index in [2.05, 4.69) is 15.5 Å². The molecule has 0 bridgehead atoms. The number of carbonyl (C=O) groups is 1. The van der Waals surface area contributed by atoms with Crippen molar-refractivity contribution >= 4 is 15.7 Å². The van der Waals surface area contributed by atoms with Gasteiger partial charge in [-0.25, -0.2) is 8.42 Å². The first-order valence-electron chi connectivity index (χ1n) is 7.57. The van der Waals surface area contributed by atoms with Crippen molar-refractivity contribution in [2.24, 2.45) is 0 Å². The van der Waals surface area contributed by atoms with Gasteiger partial charge in [-0.15, -0.1) is 0 Å². The summed E-state index contributed by atoms with van der Waals surface area (Å²) in [6.07, 6.45) is 0. The largest absolute Gasteiger partial charge is 0.351 e. The van der Waals surface area contributed by atoms with Crippen molar-refractivity contribution in [3.63, 3.8) is 0 Å². The Morgan fingerprint density at radius 1 is 1.27 bits per heavy atom. The number of rotatable bonds is 6. The molecule has 0 unspecified atom stereocenters. The van der Waals surface area contributed by atoms with Crippen molar-refractivity contribution in [3.8, 4) is 0 Å². The third-order valence-electron chi connectivity index (χ3n) is 3.77. The maximum atomic E-state index is 12.3. The van der Waals surface area contributed by atoms with Gasteiger partial charge in [-0.3, -0.25) is 9.69 Å². The summed E-state index contributed by atoms with van der Waals surface area (Å²) in [5.74, 6) is -0.347. The van der Waals surface area contributed by atoms with Crippen molar-refractivity contribution in [2.75, 3.05) is 45.0 Å². The van der Waals surface area contributed by atoms with Crippen LogP contribution in [0.2, 0.25) is 0 Å². The topological polar surface area (TPSA) is 78.5 Å². The number of piperazine rings is 1. The van der Waals surface area contributed by atoms with E-state index in [-0.39, 0.29) is 22.1 Å². The van der Waals surface area contributed by atoms with Gasteiger partial charge in [0, 0.05) is 39.3 Å². The lowest BCUT2D eigenvalue weighted by Gasteiger charge is -2.27. The number of hydrogen-bond acceptors (Lipinski definition) is 5. The van der Waals surface area contributed by atoms with Gasteiger partial charge in [0.1, 0.15) is 0 Å². The van der Waals surface area contributed by atoms with Gasteiger partial charge >= 0.3 is 0 Å². The van der Waals surface area contributed by atoms with Crippen LogP contribution in [0.1, 0.15) is 17.3 Å². The fraction of sp³-hybridized carbons (Fsp3) is 0.533. The molecule has 0 spiro atoms. The standard InChI is InChI=1S/C15H23N3O3S/c1-2-22(20,21)14-6-4-3-5-13(14)15(19)17-9-12-18-10-7-16-8-11-18/h3-6,16H,2,7-12H2,1H3,(H,17,19). The van der Waals surface area contributed by atoms with Gasteiger partial charge in [-0.05, 0) is 12.1 Å². The highest BCUT2D eigenvalue weighted by molar-refractivity contribution is 7.91. The summed E-state index contributed by atoms with van der Waals surface area (Å²) < 4.78 is 24.1. The van der Waals surface area contributed by atoms with E-state index in [1.54, 1.807) is 25.1 Å². The number of nitrogens with one attached hydrogen (secondary N) is 2. The van der Waals surface area contributed by atoms with Crippen LogP contribution in [0.4, 0.5) is 0 Å². The minimum atomic E-state index is -3.40. The van der Waals surface area contributed by atoms with Gasteiger partial charge in [0.25, 0.3) is 5.91 Å². The molecule has 1 aromatic carbocycles. The number of benzene rings is 1. The van der Waals surface area contributed by atoms with E-state index in [0.29, 0.717) is 6.54 Å². The molecule has 0 aliphatic carbocycles. The van der Waals surface area contributed by atoms with Crippen LogP contribution in [-0.4, -0.2) is 64.2 Å². The van der Waals surface area contributed by atoms with Gasteiger partial charge in [0.05, 0.1) is 16.2 Å². The SMILES string of the molecule is CCS(=O)(=O)c1ccccc1C(=O)NCCN1CCNCC1. The Balaban J connectivity index is 1.98. The molecule has 2 N–H and O–H groups in total. The van der Waals surface area contributed by atoms with Crippen molar-refractivity contribution in [2.45, 2.75) is 11.8 Å². The number of sulfone groups is 1. The summed E-state index contributed by atoms with van der Waals surface area (Å²) in [6, 6.07) is 6.37. The number of carbonyl (C=O) groups excluding carboxylic acids is 1. The van der Waals surface area contributed by atoms with E-state index in [9.17, 15) is 13.2 Å². The van der Waals surface area contributed by atoms with Crippen LogP contribution in [0.15, 0.2) is 29.2 Å². The maximum absolute atomic E-state index is 12.3. The number of hydrogen-bond donors (Lipinski definition) is 2. The van der Waals surface area contributed by atoms with Gasteiger partial charge in [0.2, 0.25) is 0 Å². The molecule has 0 atom stereocenters. The summed E-state index contributed by atoms with van der Waals surface area (Å²) in [4.78, 5) is 14.6. The summed E-state index contributed by atoms with van der Waals surface area (Å²) in [5, 5.41) is 6.09. The van der Waals surface area contributed by atoms with Crippen molar-refractivity contribution in [1.29, 1.82) is 0 Å². The molecule has 0 saturated carbocycles. The molecule has 0 aromatic heterocycles. The third-order valence-corrected chi connectivity index (χ3v) is 5.56. The van der Waals surface area contributed by atoms with Crippen molar-refractivity contribution < 1.29 is 13.2 Å². The van der Waals surface area contributed by atoms with Gasteiger partial charge in [-0.1, -0.05) is 19.1 Å². The lowest BCUT2D eigenvalue weighted by molar-refractivity contribution is 0.0944. The predicted octanol–water partition coefficient (Wildman–Crippen LogP) is 0.115. The zero-order chi connectivity index (χ0) is 16.0. The van der Waals surface area contributed by atoms with Crippen LogP contribution >= 0.6 is 0 Å². The Hall–Kier alpha value is -1.44. The molecular weight excluding hydrogens is 302 g/mol. The molecule has 1 saturated heterocycles. The van der Waals surface area contributed by atoms with Crippen LogP contribution in [-0.2, 0) is 9.84 Å². The van der Waals surface area contributed by atoms with Gasteiger partial charge in [-0.2, -0.15) is 0 Å². The monoisotopic (exact) mass is 325 g/mol. The molecule has 1 amide bonds. The molecule has 1 aliphatic rings. The van der Waals surface area contributed by atoms with E-state index in [4.69, 9.17) is 0 Å². The molecule has 1 aromatic rings. The Morgan fingerprint density at radius 3 is 2.64 bits per heavy atom. The van der Waals surface area contributed by atoms with E-state index < -0.39 is 9.84 Å². The van der Waals surface area contributed by atoms with Crippen LogP contribution in [0, 0.1) is 0 Å². The first-order chi connectivity index (χ1) is 10.5. The van der Waals surface area contributed by atoms with Crippen LogP contribution in [0.25, 0.3) is 0 Å². The van der Waals surface area contributed by atoms with Gasteiger partial charge < -0.3 is 10.6 Å².